The molecule has 2 unspecified atom stereocenters. The Labute approximate surface area is 142 Å². The zero-order valence-electron chi connectivity index (χ0n) is 13.8. The Balaban J connectivity index is 2.22. The Hall–Kier alpha value is -2.57. The van der Waals surface area contributed by atoms with Crippen molar-refractivity contribution in [3.05, 3.63) is 47.0 Å². The highest BCUT2D eigenvalue weighted by atomic mass is 19.1. The van der Waals surface area contributed by atoms with Gasteiger partial charge in [0, 0.05) is 13.1 Å². The molecule has 1 fully saturated rings. The minimum atomic E-state index is -0.255. The molecule has 0 bridgehead atoms. The molecular weight excluding hydrogens is 305 g/mol. The van der Waals surface area contributed by atoms with E-state index >= 15 is 0 Å². The number of benzene rings is 1. The summed E-state index contributed by atoms with van der Waals surface area (Å²) in [5, 5.41) is 27.8. The first-order valence-electron chi connectivity index (χ1n) is 8.11. The van der Waals surface area contributed by atoms with Crippen LogP contribution < -0.4 is 16.0 Å². The monoisotopic (exact) mass is 327 g/mol. The van der Waals surface area contributed by atoms with Crippen LogP contribution in [0.1, 0.15) is 18.4 Å². The van der Waals surface area contributed by atoms with Crippen LogP contribution in [0.3, 0.4) is 0 Å². The fraction of sp³-hybridized carbons (Fsp3) is 0.444. The first-order valence-corrected chi connectivity index (χ1v) is 8.11. The van der Waals surface area contributed by atoms with Gasteiger partial charge in [0.2, 0.25) is 0 Å². The van der Waals surface area contributed by atoms with Gasteiger partial charge in [0.1, 0.15) is 23.8 Å². The largest absolute Gasteiger partial charge is 0.373 e. The van der Waals surface area contributed by atoms with Gasteiger partial charge in [0.25, 0.3) is 0 Å². The standard InChI is InChI=1S/C18H22FN5/c1-22-18(15(10-20)11-21)24-17(14-3-2-8-23-12-14)9-13-4-6-16(19)7-5-13/h4-7,14,17,22-24H,2-3,8-9,12H2,1H3. The van der Waals surface area contributed by atoms with Gasteiger partial charge in [-0.1, -0.05) is 12.1 Å². The molecule has 1 saturated heterocycles. The van der Waals surface area contributed by atoms with Crippen LogP contribution in [-0.2, 0) is 6.42 Å². The van der Waals surface area contributed by atoms with E-state index in [-0.39, 0.29) is 17.4 Å². The summed E-state index contributed by atoms with van der Waals surface area (Å²) in [4.78, 5) is 0. The second-order valence-electron chi connectivity index (χ2n) is 5.91. The van der Waals surface area contributed by atoms with Gasteiger partial charge >= 0.3 is 0 Å². The van der Waals surface area contributed by atoms with E-state index in [0.717, 1.165) is 31.5 Å². The van der Waals surface area contributed by atoms with Crippen molar-refractivity contribution in [3.63, 3.8) is 0 Å². The molecule has 3 N–H and O–H groups in total. The van der Waals surface area contributed by atoms with Gasteiger partial charge in [-0.05, 0) is 56.0 Å². The number of nitrogens with zero attached hydrogens (tertiary/aromatic N) is 2. The molecule has 0 saturated carbocycles. The maximum absolute atomic E-state index is 13.1. The van der Waals surface area contributed by atoms with Gasteiger partial charge in [-0.15, -0.1) is 0 Å². The summed E-state index contributed by atoms with van der Waals surface area (Å²) >= 11 is 0. The minimum Gasteiger partial charge on any atom is -0.373 e. The average Bonchev–Trinajstić information content (AvgIpc) is 2.63. The Morgan fingerprint density at radius 3 is 2.58 bits per heavy atom. The molecule has 2 rings (SSSR count). The van der Waals surface area contributed by atoms with E-state index in [0.29, 0.717) is 18.2 Å². The highest BCUT2D eigenvalue weighted by Gasteiger charge is 2.25. The second-order valence-corrected chi connectivity index (χ2v) is 5.91. The van der Waals surface area contributed by atoms with Crippen LogP contribution in [0, 0.1) is 34.4 Å². The number of nitriles is 2. The van der Waals surface area contributed by atoms with Crippen molar-refractivity contribution in [1.82, 2.24) is 16.0 Å². The van der Waals surface area contributed by atoms with E-state index in [1.54, 1.807) is 19.2 Å². The van der Waals surface area contributed by atoms with Crippen molar-refractivity contribution in [2.75, 3.05) is 20.1 Å². The van der Waals surface area contributed by atoms with Crippen molar-refractivity contribution in [3.8, 4) is 12.1 Å². The first kappa shape index (κ1) is 17.8. The van der Waals surface area contributed by atoms with Crippen LogP contribution in [0.15, 0.2) is 35.7 Å². The van der Waals surface area contributed by atoms with Gasteiger partial charge in [-0.2, -0.15) is 10.5 Å². The van der Waals surface area contributed by atoms with E-state index in [1.165, 1.54) is 12.1 Å². The molecule has 2 atom stereocenters. The maximum atomic E-state index is 13.1. The molecule has 0 spiro atoms. The topological polar surface area (TPSA) is 83.7 Å². The fourth-order valence-corrected chi connectivity index (χ4v) is 3.02. The lowest BCUT2D eigenvalue weighted by Gasteiger charge is -2.33. The lowest BCUT2D eigenvalue weighted by Crippen LogP contribution is -2.46. The Morgan fingerprint density at radius 2 is 2.04 bits per heavy atom. The summed E-state index contributed by atoms with van der Waals surface area (Å²) in [5.41, 5.74) is 1.05. The predicted molar refractivity (Wildman–Crippen MR) is 89.9 cm³/mol. The number of rotatable bonds is 6. The second kappa shape index (κ2) is 8.90. The normalized spacial score (nSPS) is 17.9. The van der Waals surface area contributed by atoms with Crippen LogP contribution in [-0.4, -0.2) is 26.2 Å². The number of nitrogens with one attached hydrogen (secondary N) is 3. The molecule has 1 aromatic rings. The highest BCUT2D eigenvalue weighted by molar-refractivity contribution is 5.39. The molecule has 0 amide bonds. The summed E-state index contributed by atoms with van der Waals surface area (Å²) in [6, 6.07) is 10.3. The molecule has 0 aliphatic carbocycles. The van der Waals surface area contributed by atoms with Crippen molar-refractivity contribution in [2.45, 2.75) is 25.3 Å². The van der Waals surface area contributed by atoms with E-state index in [1.807, 2.05) is 12.1 Å². The van der Waals surface area contributed by atoms with Gasteiger partial charge in [0.05, 0.1) is 0 Å². The van der Waals surface area contributed by atoms with Crippen molar-refractivity contribution >= 4 is 0 Å². The molecule has 24 heavy (non-hydrogen) atoms. The third-order valence-corrected chi connectivity index (χ3v) is 4.33. The fourth-order valence-electron chi connectivity index (χ4n) is 3.02. The zero-order valence-corrected chi connectivity index (χ0v) is 13.8. The number of allylic oxidation sites excluding steroid dienone is 1. The van der Waals surface area contributed by atoms with Crippen LogP contribution in [0.4, 0.5) is 4.39 Å². The van der Waals surface area contributed by atoms with Crippen molar-refractivity contribution < 1.29 is 4.39 Å². The van der Waals surface area contributed by atoms with Gasteiger partial charge in [-0.25, -0.2) is 4.39 Å². The zero-order chi connectivity index (χ0) is 17.4. The molecule has 1 aromatic carbocycles. The summed E-state index contributed by atoms with van der Waals surface area (Å²) in [6.07, 6.45) is 2.85. The minimum absolute atomic E-state index is 0.0328. The smallest absolute Gasteiger partial charge is 0.169 e. The van der Waals surface area contributed by atoms with Crippen LogP contribution >= 0.6 is 0 Å². The SMILES string of the molecule is CNC(NC(Cc1ccc(F)cc1)C1CCCNC1)=C(C#N)C#N. The molecular formula is C18H22FN5. The number of hydrogen-bond donors (Lipinski definition) is 3. The Bertz CT molecular complexity index is 631. The molecule has 1 aliphatic rings. The quantitative estimate of drug-likeness (QED) is 0.694. The van der Waals surface area contributed by atoms with Crippen molar-refractivity contribution in [1.29, 1.82) is 10.5 Å². The molecule has 0 aromatic heterocycles. The van der Waals surface area contributed by atoms with Crippen LogP contribution in [0.25, 0.3) is 0 Å². The molecule has 126 valence electrons. The number of halogens is 1. The predicted octanol–water partition coefficient (Wildman–Crippen LogP) is 1.80. The first-order chi connectivity index (χ1) is 11.7. The molecule has 6 heteroatoms. The summed E-state index contributed by atoms with van der Waals surface area (Å²) in [5.74, 6) is 0.554. The Morgan fingerprint density at radius 1 is 1.33 bits per heavy atom. The highest BCUT2D eigenvalue weighted by Crippen LogP contribution is 2.19. The molecule has 1 aliphatic heterocycles. The van der Waals surface area contributed by atoms with E-state index in [2.05, 4.69) is 16.0 Å². The average molecular weight is 327 g/mol. The summed E-state index contributed by atoms with van der Waals surface area (Å²) in [7, 11) is 1.69. The summed E-state index contributed by atoms with van der Waals surface area (Å²) in [6.45, 7) is 1.89. The van der Waals surface area contributed by atoms with Crippen molar-refractivity contribution in [2.24, 2.45) is 5.92 Å². The summed E-state index contributed by atoms with van der Waals surface area (Å²) < 4.78 is 13.1. The van der Waals surface area contributed by atoms with Gasteiger partial charge in [-0.3, -0.25) is 0 Å². The third kappa shape index (κ3) is 4.71. The molecule has 1 heterocycles. The van der Waals surface area contributed by atoms with E-state index < -0.39 is 0 Å². The maximum Gasteiger partial charge on any atom is 0.169 e. The number of piperidine rings is 1. The lowest BCUT2D eigenvalue weighted by atomic mass is 9.87. The van der Waals surface area contributed by atoms with E-state index in [9.17, 15) is 4.39 Å². The third-order valence-electron chi connectivity index (χ3n) is 4.33. The van der Waals surface area contributed by atoms with Crippen LogP contribution in [0.5, 0.6) is 0 Å². The lowest BCUT2D eigenvalue weighted by molar-refractivity contribution is 0.291. The van der Waals surface area contributed by atoms with Gasteiger partial charge < -0.3 is 16.0 Å². The molecule has 0 radical (unpaired) electrons. The van der Waals surface area contributed by atoms with E-state index in [4.69, 9.17) is 10.5 Å². The van der Waals surface area contributed by atoms with Gasteiger partial charge in [0.15, 0.2) is 5.57 Å². The Kier molecular flexibility index (Phi) is 6.60. The number of hydrogen-bond acceptors (Lipinski definition) is 5. The van der Waals surface area contributed by atoms with Crippen LogP contribution in [0.2, 0.25) is 0 Å². The molecule has 5 nitrogen and oxygen atoms in total.